The number of nitrogens with one attached hydrogen (secondary N) is 2. The number of piperidine rings is 1. The molecule has 5 nitrogen and oxygen atoms in total. The number of fused-ring (bicyclic) bond motifs is 2. The molecule has 2 aliphatic rings. The highest BCUT2D eigenvalue weighted by atomic mass is 32.1. The average molecular weight is 570 g/mol. The van der Waals surface area contributed by atoms with Crippen LogP contribution in [-0.4, -0.2) is 23.0 Å². The van der Waals surface area contributed by atoms with E-state index in [-0.39, 0.29) is 23.6 Å². The van der Waals surface area contributed by atoms with Crippen molar-refractivity contribution in [1.29, 1.82) is 0 Å². The van der Waals surface area contributed by atoms with Crippen molar-refractivity contribution in [2.75, 3.05) is 0 Å². The molecule has 2 fully saturated rings. The third kappa shape index (κ3) is 5.82. The van der Waals surface area contributed by atoms with E-state index in [1.54, 1.807) is 11.7 Å². The van der Waals surface area contributed by atoms with Crippen LogP contribution in [0.3, 0.4) is 0 Å². The van der Waals surface area contributed by atoms with Crippen LogP contribution in [0.1, 0.15) is 46.4 Å². The van der Waals surface area contributed by atoms with Gasteiger partial charge in [0.2, 0.25) is 5.91 Å². The minimum Gasteiger partial charge on any atom is -0.371 e. The summed E-state index contributed by atoms with van der Waals surface area (Å²) in [7, 11) is 0. The molecular formula is C27H25F6N3O2S. The number of carbonyl (C=O) groups excluding carboxylic acids is 1. The maximum Gasteiger partial charge on any atom is 0.416 e. The van der Waals surface area contributed by atoms with Crippen LogP contribution in [0.15, 0.2) is 60.2 Å². The molecule has 2 bridgehead atoms. The monoisotopic (exact) mass is 569 g/mol. The zero-order valence-electron chi connectivity index (χ0n) is 20.5. The van der Waals surface area contributed by atoms with Gasteiger partial charge in [-0.25, -0.2) is 0 Å². The van der Waals surface area contributed by atoms with Crippen LogP contribution < -0.4 is 10.6 Å². The lowest BCUT2D eigenvalue weighted by atomic mass is 9.80. The first-order chi connectivity index (χ1) is 18.5. The van der Waals surface area contributed by atoms with Gasteiger partial charge >= 0.3 is 12.4 Å². The Morgan fingerprint density at radius 1 is 1.05 bits per heavy atom. The quantitative estimate of drug-likeness (QED) is 0.340. The number of benzene rings is 2. The van der Waals surface area contributed by atoms with E-state index in [0.29, 0.717) is 37.9 Å². The van der Waals surface area contributed by atoms with Crippen molar-refractivity contribution in [2.24, 2.45) is 5.92 Å². The van der Waals surface area contributed by atoms with Gasteiger partial charge in [-0.1, -0.05) is 30.3 Å². The van der Waals surface area contributed by atoms with Gasteiger partial charge in [-0.3, -0.25) is 9.78 Å². The molecule has 0 saturated carbocycles. The Bertz CT molecular complexity index is 1270. The van der Waals surface area contributed by atoms with Crippen molar-refractivity contribution >= 4 is 17.2 Å². The molecule has 1 amide bonds. The van der Waals surface area contributed by atoms with Gasteiger partial charge in [0.15, 0.2) is 0 Å². The summed E-state index contributed by atoms with van der Waals surface area (Å²) < 4.78 is 86.2. The first-order valence-electron chi connectivity index (χ1n) is 12.3. The molecule has 0 spiro atoms. The molecule has 4 unspecified atom stereocenters. The van der Waals surface area contributed by atoms with E-state index in [2.05, 4.69) is 15.6 Å². The molecule has 2 aliphatic heterocycles. The highest BCUT2D eigenvalue weighted by Crippen LogP contribution is 2.48. The number of hydrogen-bond acceptors (Lipinski definition) is 5. The van der Waals surface area contributed by atoms with E-state index in [1.807, 2.05) is 30.3 Å². The van der Waals surface area contributed by atoms with Gasteiger partial charge in [-0.05, 0) is 48.6 Å². The zero-order valence-corrected chi connectivity index (χ0v) is 21.3. The Kier molecular flexibility index (Phi) is 7.47. The normalized spacial score (nSPS) is 25.0. The summed E-state index contributed by atoms with van der Waals surface area (Å²) in [5.41, 5.74) is -1.29. The van der Waals surface area contributed by atoms with E-state index in [9.17, 15) is 31.1 Å². The molecule has 3 aromatic rings. The molecular weight excluding hydrogens is 544 g/mol. The number of alkyl halides is 6. The second-order valence-corrected chi connectivity index (χ2v) is 10.8. The van der Waals surface area contributed by atoms with Crippen LogP contribution in [0.25, 0.3) is 0 Å². The Labute approximate surface area is 224 Å². The van der Waals surface area contributed by atoms with E-state index in [4.69, 9.17) is 4.74 Å². The largest absolute Gasteiger partial charge is 0.416 e. The topological polar surface area (TPSA) is 63.2 Å². The van der Waals surface area contributed by atoms with Crippen molar-refractivity contribution in [3.05, 3.63) is 87.4 Å². The van der Waals surface area contributed by atoms with Crippen LogP contribution in [0, 0.1) is 5.92 Å². The molecule has 12 heteroatoms. The van der Waals surface area contributed by atoms with Crippen LogP contribution in [-0.2, 0) is 40.6 Å². The number of nitrogens with zero attached hydrogens (tertiary/aromatic N) is 1. The molecule has 39 heavy (non-hydrogen) atoms. The van der Waals surface area contributed by atoms with Crippen LogP contribution in [0.5, 0.6) is 0 Å². The van der Waals surface area contributed by atoms with E-state index < -0.39 is 47.6 Å². The Morgan fingerprint density at radius 3 is 2.36 bits per heavy atom. The maximum atomic E-state index is 13.3. The molecule has 2 saturated heterocycles. The van der Waals surface area contributed by atoms with Crippen LogP contribution in [0.2, 0.25) is 0 Å². The Hall–Kier alpha value is -2.96. The van der Waals surface area contributed by atoms with Crippen molar-refractivity contribution < 1.29 is 35.9 Å². The summed E-state index contributed by atoms with van der Waals surface area (Å²) in [6, 6.07) is 10.6. The second kappa shape index (κ2) is 10.5. The van der Waals surface area contributed by atoms with Gasteiger partial charge < -0.3 is 15.4 Å². The number of thiazole rings is 1. The fraction of sp³-hybridized carbons (Fsp3) is 0.407. The van der Waals surface area contributed by atoms with E-state index >= 15 is 0 Å². The molecule has 1 aromatic heterocycles. The fourth-order valence-corrected chi connectivity index (χ4v) is 6.15. The SMILES string of the molecule is O=C(NCc1cncs1)C1CC2(c3ccccc3)NC1CCC2OCc1cc(C(F)(F)F)cc(C(F)(F)F)c1. The predicted octanol–water partition coefficient (Wildman–Crippen LogP) is 6.05. The van der Waals surface area contributed by atoms with Crippen molar-refractivity contribution in [3.63, 3.8) is 0 Å². The minimum atomic E-state index is -4.94. The first-order valence-corrected chi connectivity index (χ1v) is 13.2. The summed E-state index contributed by atoms with van der Waals surface area (Å²) in [4.78, 5) is 18.1. The molecule has 208 valence electrons. The van der Waals surface area contributed by atoms with Gasteiger partial charge in [0, 0.05) is 17.1 Å². The number of hydrogen-bond donors (Lipinski definition) is 2. The molecule has 3 heterocycles. The lowest BCUT2D eigenvalue weighted by molar-refractivity contribution is -0.143. The van der Waals surface area contributed by atoms with E-state index in [1.165, 1.54) is 11.3 Å². The molecule has 2 N–H and O–H groups in total. The van der Waals surface area contributed by atoms with Crippen molar-refractivity contribution in [2.45, 2.75) is 62.5 Å². The lowest BCUT2D eigenvalue weighted by Crippen LogP contribution is -2.54. The van der Waals surface area contributed by atoms with Gasteiger partial charge in [-0.15, -0.1) is 11.3 Å². The third-order valence-electron chi connectivity index (χ3n) is 7.40. The van der Waals surface area contributed by atoms with Gasteiger partial charge in [0.05, 0.1) is 47.3 Å². The minimum absolute atomic E-state index is 0.105. The first kappa shape index (κ1) is 27.6. The number of rotatable bonds is 7. The number of ether oxygens (including phenoxy) is 1. The number of halogens is 6. The number of carbonyl (C=O) groups is 1. The number of aromatic nitrogens is 1. The molecule has 0 radical (unpaired) electrons. The van der Waals surface area contributed by atoms with Crippen molar-refractivity contribution in [3.8, 4) is 0 Å². The summed E-state index contributed by atoms with van der Waals surface area (Å²) in [6.07, 6.45) is -7.36. The summed E-state index contributed by atoms with van der Waals surface area (Å²) >= 11 is 1.43. The highest BCUT2D eigenvalue weighted by molar-refractivity contribution is 7.09. The standard InChI is InChI=1S/C27H25F6N3O2S/c28-26(29,30)18-8-16(9-19(10-18)27(31,32)33)14-38-23-7-6-22-21(24(37)35-13-20-12-34-15-39-20)11-25(23,36-22)17-4-2-1-3-5-17/h1-5,8-10,12,15,21-23,36H,6-7,11,13-14H2,(H,35,37). The lowest BCUT2D eigenvalue weighted by Gasteiger charge is -2.42. The van der Waals surface area contributed by atoms with Crippen LogP contribution in [0.4, 0.5) is 26.3 Å². The van der Waals surface area contributed by atoms with E-state index in [0.717, 1.165) is 10.4 Å². The smallest absolute Gasteiger partial charge is 0.371 e. The van der Waals surface area contributed by atoms with Crippen LogP contribution >= 0.6 is 11.3 Å². The third-order valence-corrected chi connectivity index (χ3v) is 8.18. The van der Waals surface area contributed by atoms with Gasteiger partial charge in [-0.2, -0.15) is 26.3 Å². The summed E-state index contributed by atoms with van der Waals surface area (Å²) in [6.45, 7) is -0.0943. The van der Waals surface area contributed by atoms with Crippen molar-refractivity contribution in [1.82, 2.24) is 15.6 Å². The molecule has 2 aromatic carbocycles. The summed E-state index contributed by atoms with van der Waals surface area (Å²) in [5.74, 6) is -0.524. The Balaban J connectivity index is 1.39. The predicted molar refractivity (Wildman–Crippen MR) is 131 cm³/mol. The maximum absolute atomic E-state index is 13.3. The zero-order chi connectivity index (χ0) is 27.8. The van der Waals surface area contributed by atoms with Gasteiger partial charge in [0.25, 0.3) is 0 Å². The molecule has 5 rings (SSSR count). The average Bonchev–Trinajstić information content (AvgIpc) is 3.53. The molecule has 4 atom stereocenters. The second-order valence-electron chi connectivity index (χ2n) is 9.88. The Morgan fingerprint density at radius 2 is 1.74 bits per heavy atom. The molecule has 0 aliphatic carbocycles. The fourth-order valence-electron chi connectivity index (χ4n) is 5.61. The van der Waals surface area contributed by atoms with Gasteiger partial charge in [0.1, 0.15) is 0 Å². The number of amides is 1. The summed E-state index contributed by atoms with van der Waals surface area (Å²) in [5, 5.41) is 6.51. The highest BCUT2D eigenvalue weighted by Gasteiger charge is 2.56.